The summed E-state index contributed by atoms with van der Waals surface area (Å²) < 4.78 is 2.21. The molecule has 0 saturated carbocycles. The summed E-state index contributed by atoms with van der Waals surface area (Å²) in [6, 6.07) is 15.7. The Labute approximate surface area is 152 Å². The molecule has 5 nitrogen and oxygen atoms in total. The number of fused-ring (bicyclic) bond motifs is 5. The molecule has 5 rings (SSSR count). The number of aryl methyl sites for hydroxylation is 1. The minimum atomic E-state index is 0.461. The van der Waals surface area contributed by atoms with Crippen LogP contribution < -0.4 is 10.2 Å². The third-order valence-corrected chi connectivity index (χ3v) is 5.27. The fourth-order valence-corrected chi connectivity index (χ4v) is 4.23. The summed E-state index contributed by atoms with van der Waals surface area (Å²) >= 11 is 0. The summed E-state index contributed by atoms with van der Waals surface area (Å²) in [5, 5.41) is 4.74. The number of benzene rings is 1. The average molecular weight is 345 g/mol. The zero-order chi connectivity index (χ0) is 17.8. The fourth-order valence-electron chi connectivity index (χ4n) is 4.23. The number of hydrogen-bond donors (Lipinski definition) is 1. The third-order valence-electron chi connectivity index (χ3n) is 5.27. The molecule has 132 valence electrons. The number of para-hydroxylation sites is 2. The van der Waals surface area contributed by atoms with Crippen LogP contribution in [0.2, 0.25) is 0 Å². The molecule has 2 atom stereocenters. The van der Waals surface area contributed by atoms with E-state index in [1.54, 1.807) is 0 Å². The Bertz CT molecular complexity index is 1120. The van der Waals surface area contributed by atoms with Crippen LogP contribution in [0.25, 0.3) is 27.7 Å². The highest BCUT2D eigenvalue weighted by atomic mass is 15.3. The number of hydrogen-bond acceptors (Lipinski definition) is 4. The van der Waals surface area contributed by atoms with Gasteiger partial charge in [0.05, 0.1) is 11.0 Å². The van der Waals surface area contributed by atoms with Crippen molar-refractivity contribution < 1.29 is 0 Å². The first-order valence-electron chi connectivity index (χ1n) is 9.29. The quantitative estimate of drug-likeness (QED) is 0.573. The van der Waals surface area contributed by atoms with Gasteiger partial charge in [0.2, 0.25) is 0 Å². The van der Waals surface area contributed by atoms with Gasteiger partial charge >= 0.3 is 0 Å². The second-order valence-corrected chi connectivity index (χ2v) is 7.54. The highest BCUT2D eigenvalue weighted by molar-refractivity contribution is 5.90. The molecule has 26 heavy (non-hydrogen) atoms. The minimum absolute atomic E-state index is 0.461. The lowest BCUT2D eigenvalue weighted by Gasteiger charge is -2.37. The number of imidazole rings is 1. The predicted molar refractivity (Wildman–Crippen MR) is 107 cm³/mol. The van der Waals surface area contributed by atoms with Gasteiger partial charge in [-0.3, -0.25) is 4.40 Å². The Hall–Kier alpha value is -2.66. The highest BCUT2D eigenvalue weighted by Gasteiger charge is 2.22. The highest BCUT2D eigenvalue weighted by Crippen LogP contribution is 2.27. The van der Waals surface area contributed by atoms with Gasteiger partial charge in [-0.2, -0.15) is 0 Å². The molecule has 0 bridgehead atoms. The summed E-state index contributed by atoms with van der Waals surface area (Å²) in [5.41, 5.74) is 5.27. The zero-order valence-corrected chi connectivity index (χ0v) is 15.4. The van der Waals surface area contributed by atoms with Crippen molar-refractivity contribution in [1.82, 2.24) is 19.7 Å². The average Bonchev–Trinajstić information content (AvgIpc) is 3.01. The van der Waals surface area contributed by atoms with Crippen LogP contribution in [0.1, 0.15) is 19.4 Å². The van der Waals surface area contributed by atoms with Crippen molar-refractivity contribution in [3.8, 4) is 0 Å². The Morgan fingerprint density at radius 1 is 0.962 bits per heavy atom. The Balaban J connectivity index is 1.77. The molecule has 4 heterocycles. The molecular formula is C21H23N5. The van der Waals surface area contributed by atoms with E-state index >= 15 is 0 Å². The maximum atomic E-state index is 5.08. The van der Waals surface area contributed by atoms with Crippen LogP contribution in [-0.4, -0.2) is 39.5 Å². The molecule has 1 saturated heterocycles. The van der Waals surface area contributed by atoms with E-state index < -0.39 is 0 Å². The SMILES string of the molecule is Cc1cc2ccc(N3C[C@@H](C)N[C@@H](C)C3)nc2n2c1nc1ccccc12. The van der Waals surface area contributed by atoms with Crippen LogP contribution >= 0.6 is 0 Å². The number of nitrogens with zero attached hydrogens (tertiary/aromatic N) is 4. The molecule has 0 radical (unpaired) electrons. The molecule has 5 heteroatoms. The zero-order valence-electron chi connectivity index (χ0n) is 15.4. The molecule has 1 aromatic carbocycles. The molecule has 1 aliphatic heterocycles. The normalized spacial score (nSPS) is 21.1. The first-order chi connectivity index (χ1) is 12.6. The Morgan fingerprint density at radius 3 is 2.54 bits per heavy atom. The van der Waals surface area contributed by atoms with Crippen molar-refractivity contribution in [3.05, 3.63) is 48.0 Å². The molecule has 4 aromatic rings. The van der Waals surface area contributed by atoms with Gasteiger partial charge in [0.15, 0.2) is 0 Å². The van der Waals surface area contributed by atoms with E-state index in [1.807, 2.05) is 6.07 Å². The summed E-state index contributed by atoms with van der Waals surface area (Å²) in [4.78, 5) is 12.3. The number of piperazine rings is 1. The maximum Gasteiger partial charge on any atom is 0.148 e. The predicted octanol–water partition coefficient (Wildman–Crippen LogP) is 3.53. The van der Waals surface area contributed by atoms with E-state index in [0.29, 0.717) is 12.1 Å². The molecule has 0 unspecified atom stereocenters. The van der Waals surface area contributed by atoms with Crippen molar-refractivity contribution in [3.63, 3.8) is 0 Å². The van der Waals surface area contributed by atoms with E-state index in [9.17, 15) is 0 Å². The first-order valence-corrected chi connectivity index (χ1v) is 9.29. The van der Waals surface area contributed by atoms with E-state index in [1.165, 1.54) is 5.56 Å². The molecular weight excluding hydrogens is 322 g/mol. The van der Waals surface area contributed by atoms with Crippen LogP contribution in [0, 0.1) is 6.92 Å². The van der Waals surface area contributed by atoms with Gasteiger partial charge in [-0.05, 0) is 56.7 Å². The van der Waals surface area contributed by atoms with Crippen molar-refractivity contribution in [2.24, 2.45) is 0 Å². The van der Waals surface area contributed by atoms with Gasteiger partial charge in [0.1, 0.15) is 17.1 Å². The lowest BCUT2D eigenvalue weighted by Crippen LogP contribution is -2.54. The van der Waals surface area contributed by atoms with Crippen molar-refractivity contribution in [2.75, 3.05) is 18.0 Å². The van der Waals surface area contributed by atoms with E-state index in [4.69, 9.17) is 9.97 Å². The Morgan fingerprint density at radius 2 is 1.73 bits per heavy atom. The number of anilines is 1. The monoisotopic (exact) mass is 345 g/mol. The Kier molecular flexibility index (Phi) is 3.40. The van der Waals surface area contributed by atoms with Crippen molar-refractivity contribution >= 4 is 33.5 Å². The smallest absolute Gasteiger partial charge is 0.148 e. The molecule has 3 aromatic heterocycles. The van der Waals surface area contributed by atoms with E-state index in [-0.39, 0.29) is 0 Å². The molecule has 1 aliphatic rings. The minimum Gasteiger partial charge on any atom is -0.353 e. The lowest BCUT2D eigenvalue weighted by atomic mass is 10.1. The van der Waals surface area contributed by atoms with Crippen molar-refractivity contribution in [2.45, 2.75) is 32.9 Å². The van der Waals surface area contributed by atoms with Crippen LogP contribution in [0.15, 0.2) is 42.5 Å². The second kappa shape index (κ2) is 5.68. The largest absolute Gasteiger partial charge is 0.353 e. The summed E-state index contributed by atoms with van der Waals surface area (Å²) in [6.07, 6.45) is 0. The maximum absolute atomic E-state index is 5.08. The topological polar surface area (TPSA) is 45.5 Å². The van der Waals surface area contributed by atoms with Crippen LogP contribution in [0.5, 0.6) is 0 Å². The first kappa shape index (κ1) is 15.6. The van der Waals surface area contributed by atoms with Crippen LogP contribution in [0.3, 0.4) is 0 Å². The summed E-state index contributed by atoms with van der Waals surface area (Å²) in [5.74, 6) is 1.04. The molecule has 1 N–H and O–H groups in total. The van der Waals surface area contributed by atoms with Gasteiger partial charge in [0, 0.05) is 30.6 Å². The standard InChI is InChI=1S/C21H23N5/c1-13-10-16-8-9-19(25-11-14(2)22-15(3)12-25)24-21(16)26-18-7-5-4-6-17(18)23-20(13)26/h4-10,14-15,22H,11-12H2,1-3H3/t14-,15+. The van der Waals surface area contributed by atoms with E-state index in [0.717, 1.165) is 46.6 Å². The summed E-state index contributed by atoms with van der Waals surface area (Å²) in [7, 11) is 0. The van der Waals surface area contributed by atoms with E-state index in [2.05, 4.69) is 71.8 Å². The lowest BCUT2D eigenvalue weighted by molar-refractivity contribution is 0.405. The van der Waals surface area contributed by atoms with Gasteiger partial charge < -0.3 is 10.2 Å². The second-order valence-electron chi connectivity index (χ2n) is 7.54. The fraction of sp³-hybridized carbons (Fsp3) is 0.333. The van der Waals surface area contributed by atoms with Gasteiger partial charge in [-0.25, -0.2) is 9.97 Å². The molecule has 0 aliphatic carbocycles. The number of pyridine rings is 2. The van der Waals surface area contributed by atoms with Crippen LogP contribution in [0.4, 0.5) is 5.82 Å². The molecule has 0 spiro atoms. The van der Waals surface area contributed by atoms with Crippen LogP contribution in [-0.2, 0) is 0 Å². The number of nitrogens with one attached hydrogen (secondary N) is 1. The van der Waals surface area contributed by atoms with Gasteiger partial charge in [-0.1, -0.05) is 12.1 Å². The molecule has 0 amide bonds. The van der Waals surface area contributed by atoms with Gasteiger partial charge in [-0.15, -0.1) is 0 Å². The summed E-state index contributed by atoms with van der Waals surface area (Å²) in [6.45, 7) is 8.53. The third kappa shape index (κ3) is 2.35. The van der Waals surface area contributed by atoms with Crippen molar-refractivity contribution in [1.29, 1.82) is 0 Å². The molecule has 1 fully saturated rings. The number of rotatable bonds is 1. The number of aromatic nitrogens is 3. The van der Waals surface area contributed by atoms with Gasteiger partial charge in [0.25, 0.3) is 0 Å².